The predicted molar refractivity (Wildman–Crippen MR) is 75.4 cm³/mol. The van der Waals surface area contributed by atoms with E-state index in [9.17, 15) is 4.39 Å². The van der Waals surface area contributed by atoms with Gasteiger partial charge in [0.25, 0.3) is 0 Å². The number of hydrogen-bond donors (Lipinski definition) is 2. The molecule has 20 heavy (non-hydrogen) atoms. The number of rotatable bonds is 4. The summed E-state index contributed by atoms with van der Waals surface area (Å²) in [5.74, 6) is 5.42. The van der Waals surface area contributed by atoms with Crippen LogP contribution in [0.15, 0.2) is 54.9 Å². The normalized spacial score (nSPS) is 12.7. The van der Waals surface area contributed by atoms with Gasteiger partial charge in [0.1, 0.15) is 5.82 Å². The monoisotopic (exact) mass is 270 g/mol. The van der Waals surface area contributed by atoms with E-state index in [0.717, 1.165) is 16.6 Å². The summed E-state index contributed by atoms with van der Waals surface area (Å²) in [5, 5.41) is 4.29. The van der Waals surface area contributed by atoms with Crippen LogP contribution >= 0.6 is 0 Å². The van der Waals surface area contributed by atoms with Gasteiger partial charge in [-0.25, -0.2) is 8.91 Å². The third-order valence-corrected chi connectivity index (χ3v) is 3.36. The smallest absolute Gasteiger partial charge is 0.123 e. The molecule has 0 spiro atoms. The molecule has 1 atom stereocenters. The van der Waals surface area contributed by atoms with E-state index in [4.69, 9.17) is 5.84 Å². The van der Waals surface area contributed by atoms with Crippen LogP contribution < -0.4 is 11.3 Å². The van der Waals surface area contributed by atoms with Gasteiger partial charge in [-0.1, -0.05) is 18.2 Å². The van der Waals surface area contributed by atoms with Gasteiger partial charge in [-0.3, -0.25) is 11.3 Å². The molecule has 0 fully saturated rings. The zero-order valence-corrected chi connectivity index (χ0v) is 10.8. The standard InChI is InChI=1S/C15H15FN4/c16-12-5-3-4-11(8-12)9-14(19-17)13-10-18-20-7-2-1-6-15(13)20/h1-8,10,14,19H,9,17H2. The molecule has 102 valence electrons. The average Bonchev–Trinajstić information content (AvgIpc) is 2.89. The molecule has 0 amide bonds. The SMILES string of the molecule is NNC(Cc1cccc(F)c1)c1cnn2ccccc12. The van der Waals surface area contributed by atoms with Crippen molar-refractivity contribution in [2.45, 2.75) is 12.5 Å². The number of nitrogens with one attached hydrogen (secondary N) is 1. The Morgan fingerprint density at radius 2 is 2.15 bits per heavy atom. The molecule has 0 aliphatic carbocycles. The van der Waals surface area contributed by atoms with Crippen LogP contribution in [0, 0.1) is 5.82 Å². The molecule has 5 heteroatoms. The van der Waals surface area contributed by atoms with E-state index in [1.807, 2.05) is 30.5 Å². The third kappa shape index (κ3) is 2.41. The lowest BCUT2D eigenvalue weighted by molar-refractivity contribution is 0.552. The van der Waals surface area contributed by atoms with Crippen molar-refractivity contribution in [1.29, 1.82) is 0 Å². The van der Waals surface area contributed by atoms with Crippen LogP contribution in [-0.2, 0) is 6.42 Å². The number of halogens is 1. The van der Waals surface area contributed by atoms with Gasteiger partial charge < -0.3 is 0 Å². The minimum absolute atomic E-state index is 0.114. The molecule has 3 aromatic rings. The number of nitrogens with zero attached hydrogens (tertiary/aromatic N) is 2. The Kier molecular flexibility index (Phi) is 3.45. The first-order valence-electron chi connectivity index (χ1n) is 6.41. The molecule has 0 saturated heterocycles. The lowest BCUT2D eigenvalue weighted by atomic mass is 10.0. The van der Waals surface area contributed by atoms with Crippen LogP contribution in [0.3, 0.4) is 0 Å². The van der Waals surface area contributed by atoms with Gasteiger partial charge in [0, 0.05) is 11.8 Å². The second-order valence-electron chi connectivity index (χ2n) is 4.68. The van der Waals surface area contributed by atoms with Crippen molar-refractivity contribution in [1.82, 2.24) is 15.0 Å². The predicted octanol–water partition coefficient (Wildman–Crippen LogP) is 2.22. The highest BCUT2D eigenvalue weighted by Crippen LogP contribution is 2.22. The van der Waals surface area contributed by atoms with E-state index >= 15 is 0 Å². The zero-order chi connectivity index (χ0) is 13.9. The topological polar surface area (TPSA) is 55.3 Å². The molecule has 0 aliphatic rings. The molecule has 1 unspecified atom stereocenters. The summed E-state index contributed by atoms with van der Waals surface area (Å²) >= 11 is 0. The van der Waals surface area contributed by atoms with Gasteiger partial charge in [-0.05, 0) is 36.2 Å². The Balaban J connectivity index is 1.93. The fourth-order valence-corrected chi connectivity index (χ4v) is 2.38. The highest BCUT2D eigenvalue weighted by molar-refractivity contribution is 5.55. The lowest BCUT2D eigenvalue weighted by Crippen LogP contribution is -2.29. The van der Waals surface area contributed by atoms with Crippen LogP contribution in [0.5, 0.6) is 0 Å². The second-order valence-corrected chi connectivity index (χ2v) is 4.68. The maximum atomic E-state index is 13.2. The van der Waals surface area contributed by atoms with Crippen molar-refractivity contribution >= 4 is 5.52 Å². The molecule has 2 aromatic heterocycles. The largest absolute Gasteiger partial charge is 0.271 e. The molecule has 4 nitrogen and oxygen atoms in total. The van der Waals surface area contributed by atoms with Crippen LogP contribution in [0.25, 0.3) is 5.52 Å². The van der Waals surface area contributed by atoms with Crippen molar-refractivity contribution in [3.63, 3.8) is 0 Å². The molecule has 2 heterocycles. The zero-order valence-electron chi connectivity index (χ0n) is 10.8. The summed E-state index contributed by atoms with van der Waals surface area (Å²) in [6.07, 6.45) is 4.28. The number of fused-ring (bicyclic) bond motifs is 1. The van der Waals surface area contributed by atoms with Crippen LogP contribution in [0.1, 0.15) is 17.2 Å². The molecule has 1 aromatic carbocycles. The van der Waals surface area contributed by atoms with Gasteiger partial charge in [-0.2, -0.15) is 5.10 Å². The van der Waals surface area contributed by atoms with Crippen molar-refractivity contribution in [2.75, 3.05) is 0 Å². The van der Waals surface area contributed by atoms with E-state index in [1.54, 1.807) is 16.8 Å². The van der Waals surface area contributed by atoms with E-state index in [1.165, 1.54) is 12.1 Å². The summed E-state index contributed by atoms with van der Waals surface area (Å²) in [4.78, 5) is 0. The quantitative estimate of drug-likeness (QED) is 0.564. The van der Waals surface area contributed by atoms with Gasteiger partial charge in [0.2, 0.25) is 0 Å². The number of nitrogens with two attached hydrogens (primary N) is 1. The summed E-state index contributed by atoms with van der Waals surface area (Å²) in [7, 11) is 0. The first-order chi connectivity index (χ1) is 9.78. The lowest BCUT2D eigenvalue weighted by Gasteiger charge is -2.15. The highest BCUT2D eigenvalue weighted by Gasteiger charge is 2.15. The van der Waals surface area contributed by atoms with E-state index in [-0.39, 0.29) is 11.9 Å². The summed E-state index contributed by atoms with van der Waals surface area (Å²) in [5.41, 5.74) is 5.67. The maximum Gasteiger partial charge on any atom is 0.123 e. The van der Waals surface area contributed by atoms with E-state index in [0.29, 0.717) is 6.42 Å². The fourth-order valence-electron chi connectivity index (χ4n) is 2.38. The van der Waals surface area contributed by atoms with Gasteiger partial charge >= 0.3 is 0 Å². The number of pyridine rings is 1. The third-order valence-electron chi connectivity index (χ3n) is 3.36. The Bertz CT molecular complexity index is 722. The summed E-state index contributed by atoms with van der Waals surface area (Å²) in [6, 6.07) is 12.3. The number of aromatic nitrogens is 2. The molecular weight excluding hydrogens is 255 g/mol. The number of hydrazine groups is 1. The molecule has 3 rings (SSSR count). The van der Waals surface area contributed by atoms with Crippen molar-refractivity contribution in [3.05, 3.63) is 71.8 Å². The fraction of sp³-hybridized carbons (Fsp3) is 0.133. The summed E-state index contributed by atoms with van der Waals surface area (Å²) in [6.45, 7) is 0. The molecule has 0 aliphatic heterocycles. The van der Waals surface area contributed by atoms with E-state index < -0.39 is 0 Å². The molecular formula is C15H15FN4. The van der Waals surface area contributed by atoms with Crippen LogP contribution in [0.4, 0.5) is 4.39 Å². The van der Waals surface area contributed by atoms with Crippen LogP contribution in [0.2, 0.25) is 0 Å². The second kappa shape index (κ2) is 5.40. The first-order valence-corrected chi connectivity index (χ1v) is 6.41. The minimum atomic E-state index is -0.238. The average molecular weight is 270 g/mol. The molecule has 0 radical (unpaired) electrons. The minimum Gasteiger partial charge on any atom is -0.271 e. The Morgan fingerprint density at radius 1 is 1.25 bits per heavy atom. The molecule has 0 saturated carbocycles. The Morgan fingerprint density at radius 3 is 2.95 bits per heavy atom. The van der Waals surface area contributed by atoms with Gasteiger partial charge in [0.15, 0.2) is 0 Å². The Labute approximate surface area is 116 Å². The van der Waals surface area contributed by atoms with Gasteiger partial charge in [0.05, 0.1) is 17.8 Å². The van der Waals surface area contributed by atoms with E-state index in [2.05, 4.69) is 10.5 Å². The summed E-state index contributed by atoms with van der Waals surface area (Å²) < 4.78 is 15.0. The van der Waals surface area contributed by atoms with Crippen LogP contribution in [-0.4, -0.2) is 9.61 Å². The maximum absolute atomic E-state index is 13.2. The van der Waals surface area contributed by atoms with Crippen molar-refractivity contribution in [2.24, 2.45) is 5.84 Å². The number of benzene rings is 1. The first kappa shape index (κ1) is 12.8. The van der Waals surface area contributed by atoms with Gasteiger partial charge in [-0.15, -0.1) is 0 Å². The Hall–Kier alpha value is -2.24. The van der Waals surface area contributed by atoms with Crippen molar-refractivity contribution < 1.29 is 4.39 Å². The number of hydrogen-bond acceptors (Lipinski definition) is 3. The molecule has 3 N–H and O–H groups in total. The molecule has 0 bridgehead atoms. The van der Waals surface area contributed by atoms with Crippen molar-refractivity contribution in [3.8, 4) is 0 Å². The highest BCUT2D eigenvalue weighted by atomic mass is 19.1.